The van der Waals surface area contributed by atoms with Gasteiger partial charge in [-0.25, -0.2) is 5.43 Å². The third kappa shape index (κ3) is 7.26. The SMILES string of the molecule is C/C(=N/NC(=O)CSc1nnc(SCc2ccc(C)cc2)s1)c1cccc(Br)c1. The molecule has 0 bridgehead atoms. The van der Waals surface area contributed by atoms with E-state index in [0.717, 1.165) is 30.2 Å². The maximum atomic E-state index is 12.1. The van der Waals surface area contributed by atoms with Crippen molar-refractivity contribution in [3.63, 3.8) is 0 Å². The molecule has 0 aliphatic heterocycles. The van der Waals surface area contributed by atoms with Gasteiger partial charge in [0.15, 0.2) is 8.68 Å². The maximum absolute atomic E-state index is 12.1. The van der Waals surface area contributed by atoms with E-state index in [2.05, 4.69) is 67.8 Å². The number of amides is 1. The lowest BCUT2D eigenvalue weighted by Gasteiger charge is -2.03. The molecule has 0 fully saturated rings. The largest absolute Gasteiger partial charge is 0.272 e. The van der Waals surface area contributed by atoms with Crippen molar-refractivity contribution in [2.45, 2.75) is 28.3 Å². The Bertz CT molecular complexity index is 1000. The van der Waals surface area contributed by atoms with Crippen LogP contribution in [0.4, 0.5) is 0 Å². The summed E-state index contributed by atoms with van der Waals surface area (Å²) < 4.78 is 2.65. The summed E-state index contributed by atoms with van der Waals surface area (Å²) in [4.78, 5) is 12.1. The molecule has 1 amide bonds. The molecule has 0 atom stereocenters. The van der Waals surface area contributed by atoms with Gasteiger partial charge in [0.1, 0.15) is 0 Å². The van der Waals surface area contributed by atoms with Gasteiger partial charge in [0.05, 0.1) is 11.5 Å². The summed E-state index contributed by atoms with van der Waals surface area (Å²) >= 11 is 7.95. The minimum Gasteiger partial charge on any atom is -0.272 e. The van der Waals surface area contributed by atoms with Crippen molar-refractivity contribution in [3.8, 4) is 0 Å². The number of nitrogens with one attached hydrogen (secondary N) is 1. The van der Waals surface area contributed by atoms with Crippen molar-refractivity contribution >= 4 is 62.4 Å². The molecule has 0 saturated carbocycles. The molecule has 3 aromatic rings. The van der Waals surface area contributed by atoms with Crippen molar-refractivity contribution in [3.05, 3.63) is 69.7 Å². The van der Waals surface area contributed by atoms with Crippen LogP contribution < -0.4 is 5.43 Å². The molecular formula is C20H19BrN4OS3. The summed E-state index contributed by atoms with van der Waals surface area (Å²) in [5.74, 6) is 0.921. The zero-order valence-corrected chi connectivity index (χ0v) is 19.9. The van der Waals surface area contributed by atoms with Gasteiger partial charge in [0.2, 0.25) is 0 Å². The highest BCUT2D eigenvalue weighted by Crippen LogP contribution is 2.30. The van der Waals surface area contributed by atoms with Crippen LogP contribution in [-0.4, -0.2) is 27.6 Å². The Morgan fingerprint density at radius 1 is 1.14 bits per heavy atom. The minimum absolute atomic E-state index is 0.173. The van der Waals surface area contributed by atoms with Crippen LogP contribution in [0, 0.1) is 6.92 Å². The number of benzene rings is 2. The summed E-state index contributed by atoms with van der Waals surface area (Å²) in [6.07, 6.45) is 0. The fourth-order valence-electron chi connectivity index (χ4n) is 2.23. The third-order valence-electron chi connectivity index (χ3n) is 3.79. The van der Waals surface area contributed by atoms with Crippen LogP contribution in [0.3, 0.4) is 0 Å². The number of thioether (sulfide) groups is 2. The zero-order chi connectivity index (χ0) is 20.6. The molecule has 0 unspecified atom stereocenters. The molecule has 1 aromatic heterocycles. The van der Waals surface area contributed by atoms with Gasteiger partial charge in [-0.1, -0.05) is 92.8 Å². The van der Waals surface area contributed by atoms with Crippen molar-refractivity contribution in [1.29, 1.82) is 0 Å². The standard InChI is InChI=1S/C20H19BrN4OS3/c1-13-6-8-15(9-7-13)11-27-19-24-25-20(29-19)28-12-18(26)23-22-14(2)16-4-3-5-17(21)10-16/h3-10H,11-12H2,1-2H3,(H,23,26)/b22-14-. The van der Waals surface area contributed by atoms with Crippen molar-refractivity contribution in [2.75, 3.05) is 5.75 Å². The highest BCUT2D eigenvalue weighted by atomic mass is 79.9. The molecule has 0 spiro atoms. The quantitative estimate of drug-likeness (QED) is 0.247. The number of aromatic nitrogens is 2. The predicted molar refractivity (Wildman–Crippen MR) is 126 cm³/mol. The molecule has 2 aromatic carbocycles. The summed E-state index contributed by atoms with van der Waals surface area (Å²) in [7, 11) is 0. The molecule has 5 nitrogen and oxygen atoms in total. The first-order valence-electron chi connectivity index (χ1n) is 8.73. The fraction of sp³-hybridized carbons (Fsp3) is 0.200. The molecule has 29 heavy (non-hydrogen) atoms. The fourth-order valence-corrected chi connectivity index (χ4v) is 5.39. The van der Waals surface area contributed by atoms with Crippen molar-refractivity contribution in [1.82, 2.24) is 15.6 Å². The average molecular weight is 508 g/mol. The molecule has 150 valence electrons. The Labute approximate surface area is 190 Å². The first-order valence-corrected chi connectivity index (χ1v) is 12.3. The number of halogens is 1. The summed E-state index contributed by atoms with van der Waals surface area (Å²) in [6.45, 7) is 3.94. The van der Waals surface area contributed by atoms with Gasteiger partial charge in [-0.15, -0.1) is 10.2 Å². The van der Waals surface area contributed by atoms with Gasteiger partial charge >= 0.3 is 0 Å². The van der Waals surface area contributed by atoms with E-state index in [9.17, 15) is 4.79 Å². The Balaban J connectivity index is 1.44. The number of nitrogens with zero attached hydrogens (tertiary/aromatic N) is 3. The highest BCUT2D eigenvalue weighted by Gasteiger charge is 2.09. The minimum atomic E-state index is -0.173. The number of aryl methyl sites for hydroxylation is 1. The second-order valence-corrected chi connectivity index (χ2v) is 10.5. The van der Waals surface area contributed by atoms with Crippen LogP contribution in [0.2, 0.25) is 0 Å². The first-order chi connectivity index (χ1) is 14.0. The molecule has 9 heteroatoms. The molecule has 0 saturated heterocycles. The lowest BCUT2D eigenvalue weighted by molar-refractivity contribution is -0.118. The van der Waals surface area contributed by atoms with Crippen molar-refractivity contribution in [2.24, 2.45) is 5.10 Å². The Hall–Kier alpha value is -1.68. The van der Waals surface area contributed by atoms with E-state index in [4.69, 9.17) is 0 Å². The van der Waals surface area contributed by atoms with Gasteiger partial charge in [-0.3, -0.25) is 4.79 Å². The maximum Gasteiger partial charge on any atom is 0.250 e. The molecule has 0 aliphatic carbocycles. The number of hydrogen-bond acceptors (Lipinski definition) is 7. The summed E-state index contributed by atoms with van der Waals surface area (Å²) in [5, 5.41) is 12.5. The zero-order valence-electron chi connectivity index (χ0n) is 15.9. The highest BCUT2D eigenvalue weighted by molar-refractivity contribution is 9.10. The molecule has 0 aliphatic rings. The smallest absolute Gasteiger partial charge is 0.250 e. The molecule has 3 rings (SSSR count). The van der Waals surface area contributed by atoms with E-state index >= 15 is 0 Å². The third-order valence-corrected chi connectivity index (χ3v) is 7.54. The van der Waals surface area contributed by atoms with Crippen LogP contribution in [0.25, 0.3) is 0 Å². The summed E-state index contributed by atoms with van der Waals surface area (Å²) in [5.41, 5.74) is 6.79. The number of hydrogen-bond donors (Lipinski definition) is 1. The van der Waals surface area contributed by atoms with E-state index in [-0.39, 0.29) is 11.7 Å². The predicted octanol–water partition coefficient (Wildman–Crippen LogP) is 5.53. The lowest BCUT2D eigenvalue weighted by atomic mass is 10.1. The van der Waals surface area contributed by atoms with Gasteiger partial charge in [-0.2, -0.15) is 5.10 Å². The van der Waals surface area contributed by atoms with Gasteiger partial charge < -0.3 is 0 Å². The van der Waals surface area contributed by atoms with E-state index in [1.54, 1.807) is 11.8 Å². The number of rotatable bonds is 8. The van der Waals surface area contributed by atoms with Crippen LogP contribution in [-0.2, 0) is 10.5 Å². The van der Waals surface area contributed by atoms with E-state index in [0.29, 0.717) is 0 Å². The van der Waals surface area contributed by atoms with Gasteiger partial charge in [-0.05, 0) is 37.1 Å². The molecule has 1 heterocycles. The normalized spacial score (nSPS) is 11.5. The van der Waals surface area contributed by atoms with Gasteiger partial charge in [0.25, 0.3) is 5.91 Å². The van der Waals surface area contributed by atoms with Crippen LogP contribution >= 0.6 is 50.8 Å². The Kier molecular flexibility index (Phi) is 8.29. The second kappa shape index (κ2) is 10.9. The first kappa shape index (κ1) is 22.0. The van der Waals surface area contributed by atoms with Gasteiger partial charge in [0, 0.05) is 10.2 Å². The van der Waals surface area contributed by atoms with Crippen LogP contribution in [0.1, 0.15) is 23.6 Å². The molecule has 1 N–H and O–H groups in total. The molecular weight excluding hydrogens is 488 g/mol. The van der Waals surface area contributed by atoms with Crippen LogP contribution in [0.15, 0.2) is 66.8 Å². The average Bonchev–Trinajstić information content (AvgIpc) is 3.18. The molecule has 0 radical (unpaired) electrons. The van der Waals surface area contributed by atoms with Crippen LogP contribution in [0.5, 0.6) is 0 Å². The Morgan fingerprint density at radius 2 is 1.86 bits per heavy atom. The van der Waals surface area contributed by atoms with E-state index in [1.165, 1.54) is 34.2 Å². The lowest BCUT2D eigenvalue weighted by Crippen LogP contribution is -2.21. The summed E-state index contributed by atoms with van der Waals surface area (Å²) in [6, 6.07) is 16.2. The number of carbonyl (C=O) groups is 1. The number of hydrazone groups is 1. The van der Waals surface area contributed by atoms with E-state index in [1.807, 2.05) is 31.2 Å². The van der Waals surface area contributed by atoms with E-state index < -0.39 is 0 Å². The van der Waals surface area contributed by atoms with Crippen molar-refractivity contribution < 1.29 is 4.79 Å². The topological polar surface area (TPSA) is 67.2 Å². The second-order valence-electron chi connectivity index (χ2n) is 6.14. The Morgan fingerprint density at radius 3 is 2.59 bits per heavy atom. The monoisotopic (exact) mass is 506 g/mol. The number of carbonyl (C=O) groups excluding carboxylic acids is 1.